The summed E-state index contributed by atoms with van der Waals surface area (Å²) in [5.74, 6) is 0. The molecule has 0 spiro atoms. The van der Waals surface area contributed by atoms with Crippen molar-refractivity contribution in [2.24, 2.45) is 0 Å². The third kappa shape index (κ3) is 2.10. The van der Waals surface area contributed by atoms with Crippen LogP contribution in [0.2, 0.25) is 5.02 Å². The Balaban J connectivity index is 2.87. The molecule has 0 saturated carbocycles. The van der Waals surface area contributed by atoms with Gasteiger partial charge in [-0.05, 0) is 17.7 Å². The van der Waals surface area contributed by atoms with Crippen LogP contribution in [-0.2, 0) is 4.74 Å². The Kier molecular flexibility index (Phi) is 3.32. The van der Waals surface area contributed by atoms with Gasteiger partial charge in [-0.15, -0.1) is 6.58 Å². The summed E-state index contributed by atoms with van der Waals surface area (Å²) in [6, 6.07) is 7.54. The van der Waals surface area contributed by atoms with Crippen LogP contribution in [0, 0.1) is 0 Å². The Hall–Kier alpha value is -0.790. The van der Waals surface area contributed by atoms with Crippen LogP contribution in [0.4, 0.5) is 0 Å². The summed E-state index contributed by atoms with van der Waals surface area (Å²) in [4.78, 5) is 0. The average molecular weight is 183 g/mol. The topological polar surface area (TPSA) is 9.23 Å². The van der Waals surface area contributed by atoms with Crippen LogP contribution in [0.3, 0.4) is 0 Å². The molecule has 0 bridgehead atoms. The summed E-state index contributed by atoms with van der Waals surface area (Å²) in [6.07, 6.45) is 1.71. The number of ether oxygens (including phenoxy) is 1. The number of hydrogen-bond acceptors (Lipinski definition) is 1. The van der Waals surface area contributed by atoms with Crippen molar-refractivity contribution in [2.45, 2.75) is 6.10 Å². The maximum atomic E-state index is 5.74. The first-order valence-electron chi connectivity index (χ1n) is 3.68. The molecule has 64 valence electrons. The van der Waals surface area contributed by atoms with Crippen LogP contribution < -0.4 is 0 Å². The van der Waals surface area contributed by atoms with E-state index in [9.17, 15) is 0 Å². The Labute approximate surface area is 77.6 Å². The quantitative estimate of drug-likeness (QED) is 0.653. The molecule has 12 heavy (non-hydrogen) atoms. The summed E-state index contributed by atoms with van der Waals surface area (Å²) in [5, 5.41) is 0.734. The third-order valence-electron chi connectivity index (χ3n) is 1.67. The van der Waals surface area contributed by atoms with Gasteiger partial charge in [0.15, 0.2) is 0 Å². The van der Waals surface area contributed by atoms with Crippen LogP contribution in [0.25, 0.3) is 0 Å². The van der Waals surface area contributed by atoms with Crippen molar-refractivity contribution in [2.75, 3.05) is 7.11 Å². The molecule has 1 nitrogen and oxygen atoms in total. The van der Waals surface area contributed by atoms with Gasteiger partial charge in [-0.2, -0.15) is 0 Å². The number of halogens is 1. The lowest BCUT2D eigenvalue weighted by Gasteiger charge is -2.09. The first kappa shape index (κ1) is 9.30. The van der Waals surface area contributed by atoms with E-state index in [-0.39, 0.29) is 6.10 Å². The van der Waals surface area contributed by atoms with Crippen molar-refractivity contribution >= 4 is 11.6 Å². The van der Waals surface area contributed by atoms with Gasteiger partial charge in [0.25, 0.3) is 0 Å². The second-order valence-electron chi connectivity index (χ2n) is 2.44. The van der Waals surface area contributed by atoms with E-state index in [1.165, 1.54) is 0 Å². The molecular weight excluding hydrogens is 172 g/mol. The van der Waals surface area contributed by atoms with Gasteiger partial charge in [-0.25, -0.2) is 0 Å². The van der Waals surface area contributed by atoms with Crippen molar-refractivity contribution in [1.29, 1.82) is 0 Å². The molecule has 1 rings (SSSR count). The standard InChI is InChI=1S/C10H11ClO/c1-3-10(12-2)8-4-6-9(11)7-5-8/h3-7,10H,1H2,2H3/t10-/m1/s1. The van der Waals surface area contributed by atoms with Crippen LogP contribution in [0.5, 0.6) is 0 Å². The first-order chi connectivity index (χ1) is 5.77. The fourth-order valence-electron chi connectivity index (χ4n) is 1.02. The van der Waals surface area contributed by atoms with E-state index < -0.39 is 0 Å². The van der Waals surface area contributed by atoms with Crippen molar-refractivity contribution in [1.82, 2.24) is 0 Å². The Morgan fingerprint density at radius 2 is 2.00 bits per heavy atom. The fourth-order valence-corrected chi connectivity index (χ4v) is 1.15. The second kappa shape index (κ2) is 4.29. The lowest BCUT2D eigenvalue weighted by atomic mass is 10.1. The van der Waals surface area contributed by atoms with Crippen LogP contribution >= 0.6 is 11.6 Å². The molecule has 0 saturated heterocycles. The molecule has 0 heterocycles. The highest BCUT2D eigenvalue weighted by Crippen LogP contribution is 2.19. The summed E-state index contributed by atoms with van der Waals surface area (Å²) in [5.41, 5.74) is 1.07. The highest BCUT2D eigenvalue weighted by molar-refractivity contribution is 6.30. The maximum Gasteiger partial charge on any atom is 0.1000 e. The first-order valence-corrected chi connectivity index (χ1v) is 4.06. The van der Waals surface area contributed by atoms with Crippen molar-refractivity contribution < 1.29 is 4.74 Å². The van der Waals surface area contributed by atoms with E-state index in [2.05, 4.69) is 6.58 Å². The molecule has 1 aromatic rings. The van der Waals surface area contributed by atoms with E-state index in [0.29, 0.717) is 0 Å². The van der Waals surface area contributed by atoms with Crippen molar-refractivity contribution in [3.05, 3.63) is 47.5 Å². The smallest absolute Gasteiger partial charge is 0.1000 e. The SMILES string of the molecule is C=C[C@@H](OC)c1ccc(Cl)cc1. The average Bonchev–Trinajstić information content (AvgIpc) is 2.10. The van der Waals surface area contributed by atoms with E-state index in [1.807, 2.05) is 24.3 Å². The minimum absolute atomic E-state index is 0.0396. The number of rotatable bonds is 3. The summed E-state index contributed by atoms with van der Waals surface area (Å²) < 4.78 is 5.16. The van der Waals surface area contributed by atoms with Gasteiger partial charge in [-0.1, -0.05) is 29.8 Å². The molecule has 0 aliphatic rings. The zero-order chi connectivity index (χ0) is 8.97. The summed E-state index contributed by atoms with van der Waals surface area (Å²) in [7, 11) is 1.65. The van der Waals surface area contributed by atoms with E-state index in [1.54, 1.807) is 13.2 Å². The van der Waals surface area contributed by atoms with E-state index >= 15 is 0 Å². The van der Waals surface area contributed by atoms with Crippen LogP contribution in [0.15, 0.2) is 36.9 Å². The lowest BCUT2D eigenvalue weighted by Crippen LogP contribution is -1.96. The minimum Gasteiger partial charge on any atom is -0.373 e. The second-order valence-corrected chi connectivity index (χ2v) is 2.88. The van der Waals surface area contributed by atoms with Gasteiger partial charge in [-0.3, -0.25) is 0 Å². The van der Waals surface area contributed by atoms with Gasteiger partial charge in [0.05, 0.1) is 6.10 Å². The maximum absolute atomic E-state index is 5.74. The summed E-state index contributed by atoms with van der Waals surface area (Å²) >= 11 is 5.74. The van der Waals surface area contributed by atoms with E-state index in [0.717, 1.165) is 10.6 Å². The molecule has 0 fully saturated rings. The van der Waals surface area contributed by atoms with Gasteiger partial charge in [0.1, 0.15) is 0 Å². The molecule has 0 aliphatic carbocycles. The van der Waals surface area contributed by atoms with Crippen molar-refractivity contribution in [3.8, 4) is 0 Å². The van der Waals surface area contributed by atoms with E-state index in [4.69, 9.17) is 16.3 Å². The van der Waals surface area contributed by atoms with Gasteiger partial charge in [0, 0.05) is 12.1 Å². The molecule has 0 aliphatic heterocycles. The molecular formula is C10H11ClO. The fraction of sp³-hybridized carbons (Fsp3) is 0.200. The highest BCUT2D eigenvalue weighted by Gasteiger charge is 2.03. The Morgan fingerprint density at radius 3 is 2.42 bits per heavy atom. The minimum atomic E-state index is -0.0396. The summed E-state index contributed by atoms with van der Waals surface area (Å²) in [6.45, 7) is 3.67. The van der Waals surface area contributed by atoms with Crippen LogP contribution in [-0.4, -0.2) is 7.11 Å². The number of benzene rings is 1. The normalized spacial score (nSPS) is 12.5. The highest BCUT2D eigenvalue weighted by atomic mass is 35.5. The van der Waals surface area contributed by atoms with Crippen LogP contribution in [0.1, 0.15) is 11.7 Å². The van der Waals surface area contributed by atoms with Crippen molar-refractivity contribution in [3.63, 3.8) is 0 Å². The number of methoxy groups -OCH3 is 1. The molecule has 1 aromatic carbocycles. The predicted molar refractivity (Wildman–Crippen MR) is 51.4 cm³/mol. The molecule has 0 amide bonds. The zero-order valence-corrected chi connectivity index (χ0v) is 7.71. The largest absolute Gasteiger partial charge is 0.373 e. The number of hydrogen-bond donors (Lipinski definition) is 0. The van der Waals surface area contributed by atoms with Gasteiger partial charge in [0.2, 0.25) is 0 Å². The molecule has 0 radical (unpaired) electrons. The molecule has 0 N–H and O–H groups in total. The zero-order valence-electron chi connectivity index (χ0n) is 6.96. The molecule has 0 aromatic heterocycles. The monoisotopic (exact) mass is 182 g/mol. The molecule has 0 unspecified atom stereocenters. The molecule has 2 heteroatoms. The van der Waals surface area contributed by atoms with Gasteiger partial charge < -0.3 is 4.74 Å². The van der Waals surface area contributed by atoms with Gasteiger partial charge >= 0.3 is 0 Å². The predicted octanol–water partition coefficient (Wildman–Crippen LogP) is 3.21. The lowest BCUT2D eigenvalue weighted by molar-refractivity contribution is 0.143. The Morgan fingerprint density at radius 1 is 1.42 bits per heavy atom. The third-order valence-corrected chi connectivity index (χ3v) is 1.92. The molecule has 1 atom stereocenters. The Bertz CT molecular complexity index is 253.